The van der Waals surface area contributed by atoms with Crippen LogP contribution in [0, 0.1) is 0 Å². The lowest BCUT2D eigenvalue weighted by molar-refractivity contribution is -0.359. The molecule has 2 fully saturated rings. The number of hydrogen-bond acceptors (Lipinski definition) is 13. The monoisotopic (exact) mass is 1090 g/mol. The Labute approximate surface area is 466 Å². The van der Waals surface area contributed by atoms with Crippen LogP contribution in [0.2, 0.25) is 0 Å². The minimum absolute atomic E-state index is 0.257. The highest BCUT2D eigenvalue weighted by atomic mass is 16.7. The number of carbonyl (C=O) groups excluding carboxylic acids is 1. The number of nitrogens with one attached hydrogen (secondary N) is 1. The van der Waals surface area contributed by atoms with E-state index in [0.717, 1.165) is 64.2 Å². The van der Waals surface area contributed by atoms with E-state index in [2.05, 4.69) is 67.8 Å². The summed E-state index contributed by atoms with van der Waals surface area (Å²) in [6, 6.07) is -0.942. The molecular formula is C63H113NO13. The summed E-state index contributed by atoms with van der Waals surface area (Å²) in [5.74, 6) is -0.262. The van der Waals surface area contributed by atoms with Crippen LogP contribution in [0.3, 0.4) is 0 Å². The number of carbonyl (C=O) groups is 1. The molecule has 14 heteroatoms. The molecule has 77 heavy (non-hydrogen) atoms. The second kappa shape index (κ2) is 48.4. The number of unbranched alkanes of at least 4 members (excludes halogenated alkanes) is 28. The second-order valence-corrected chi connectivity index (χ2v) is 21.8. The Morgan fingerprint density at radius 1 is 0.468 bits per heavy atom. The molecule has 9 N–H and O–H groups in total. The van der Waals surface area contributed by atoms with Crippen LogP contribution < -0.4 is 5.32 Å². The number of allylic oxidation sites excluding steroid dienone is 9. The van der Waals surface area contributed by atoms with E-state index in [1.54, 1.807) is 6.08 Å². The minimum Gasteiger partial charge on any atom is -0.394 e. The largest absolute Gasteiger partial charge is 0.394 e. The van der Waals surface area contributed by atoms with Crippen LogP contribution in [0.5, 0.6) is 0 Å². The Bertz CT molecular complexity index is 1520. The predicted octanol–water partition coefficient (Wildman–Crippen LogP) is 10.9. The summed E-state index contributed by atoms with van der Waals surface area (Å²) in [6.07, 6.45) is 45.4. The smallest absolute Gasteiger partial charge is 0.220 e. The maximum Gasteiger partial charge on any atom is 0.220 e. The van der Waals surface area contributed by atoms with Gasteiger partial charge in [0.15, 0.2) is 12.6 Å². The van der Waals surface area contributed by atoms with Crippen LogP contribution in [0.25, 0.3) is 0 Å². The van der Waals surface area contributed by atoms with Gasteiger partial charge < -0.3 is 65.1 Å². The van der Waals surface area contributed by atoms with Gasteiger partial charge in [-0.15, -0.1) is 0 Å². The fraction of sp³-hybridized carbons (Fsp3) is 0.825. The van der Waals surface area contributed by atoms with E-state index in [1.165, 1.54) is 141 Å². The van der Waals surface area contributed by atoms with E-state index >= 15 is 0 Å². The highest BCUT2D eigenvalue weighted by molar-refractivity contribution is 5.76. The molecule has 0 bridgehead atoms. The Balaban J connectivity index is 1.78. The molecule has 448 valence electrons. The molecule has 0 aromatic heterocycles. The summed E-state index contributed by atoms with van der Waals surface area (Å²) >= 11 is 0. The third-order valence-corrected chi connectivity index (χ3v) is 14.9. The number of rotatable bonds is 49. The van der Waals surface area contributed by atoms with Crippen molar-refractivity contribution in [1.82, 2.24) is 5.32 Å². The first-order valence-electron chi connectivity index (χ1n) is 31.0. The molecule has 1 amide bonds. The molecule has 12 unspecified atom stereocenters. The van der Waals surface area contributed by atoms with Crippen molar-refractivity contribution in [3.63, 3.8) is 0 Å². The van der Waals surface area contributed by atoms with Gasteiger partial charge in [0.05, 0.1) is 32.0 Å². The summed E-state index contributed by atoms with van der Waals surface area (Å²) in [6.45, 7) is 2.76. The number of aliphatic hydroxyl groups is 8. The van der Waals surface area contributed by atoms with Gasteiger partial charge in [0.2, 0.25) is 5.91 Å². The zero-order chi connectivity index (χ0) is 56.0. The Kier molecular flexibility index (Phi) is 44.5. The van der Waals surface area contributed by atoms with E-state index < -0.39 is 86.8 Å². The molecule has 2 aliphatic heterocycles. The van der Waals surface area contributed by atoms with Crippen molar-refractivity contribution in [3.8, 4) is 0 Å². The zero-order valence-corrected chi connectivity index (χ0v) is 48.2. The van der Waals surface area contributed by atoms with Crippen molar-refractivity contribution < 1.29 is 64.6 Å². The molecule has 0 saturated carbocycles. The molecule has 0 aromatic carbocycles. The topological polar surface area (TPSA) is 228 Å². The molecule has 12 atom stereocenters. The van der Waals surface area contributed by atoms with Crippen molar-refractivity contribution in [2.24, 2.45) is 0 Å². The Morgan fingerprint density at radius 2 is 0.870 bits per heavy atom. The van der Waals surface area contributed by atoms with Gasteiger partial charge in [-0.25, -0.2) is 0 Å². The molecule has 0 radical (unpaired) electrons. The average Bonchev–Trinajstić information content (AvgIpc) is 3.44. The number of aliphatic hydroxyl groups excluding tert-OH is 8. The summed E-state index contributed by atoms with van der Waals surface area (Å²) in [5, 5.41) is 87.1. The van der Waals surface area contributed by atoms with E-state index in [9.17, 15) is 45.6 Å². The van der Waals surface area contributed by atoms with E-state index in [0.29, 0.717) is 12.8 Å². The van der Waals surface area contributed by atoms with Gasteiger partial charge in [-0.05, 0) is 70.6 Å². The van der Waals surface area contributed by atoms with Gasteiger partial charge >= 0.3 is 0 Å². The molecule has 2 saturated heterocycles. The molecule has 2 aliphatic rings. The van der Waals surface area contributed by atoms with Crippen molar-refractivity contribution in [3.05, 3.63) is 60.8 Å². The first kappa shape index (κ1) is 70.8. The molecule has 0 aromatic rings. The summed E-state index contributed by atoms with van der Waals surface area (Å²) < 4.78 is 22.8. The molecule has 0 spiro atoms. The molecular weight excluding hydrogens is 979 g/mol. The van der Waals surface area contributed by atoms with Crippen LogP contribution in [0.4, 0.5) is 0 Å². The Hall–Kier alpha value is -2.31. The van der Waals surface area contributed by atoms with Gasteiger partial charge in [0, 0.05) is 6.42 Å². The summed E-state index contributed by atoms with van der Waals surface area (Å²) in [5.41, 5.74) is 0. The lowest BCUT2D eigenvalue weighted by Gasteiger charge is -2.46. The molecule has 0 aliphatic carbocycles. The SMILES string of the molecule is CCCCC/C=C\C/C=C\C/C=C\CCCCCCCCC(=O)NC(COC1OC(CO)C(OC2OC(CO)C(O)C(O)C2O)C(O)C1O)C(O)/C=C/CC/C=C/CCCCCCCCCCCCCCCCCCCC. The fourth-order valence-electron chi connectivity index (χ4n) is 9.90. The van der Waals surface area contributed by atoms with E-state index in [1.807, 2.05) is 6.08 Å². The first-order chi connectivity index (χ1) is 37.6. The van der Waals surface area contributed by atoms with Gasteiger partial charge in [-0.1, -0.05) is 222 Å². The quantitative estimate of drug-likeness (QED) is 0.0204. The molecule has 2 heterocycles. The number of ether oxygens (including phenoxy) is 4. The maximum absolute atomic E-state index is 13.3. The highest BCUT2D eigenvalue weighted by Crippen LogP contribution is 2.30. The fourth-order valence-corrected chi connectivity index (χ4v) is 9.90. The van der Waals surface area contributed by atoms with Crippen molar-refractivity contribution in [1.29, 1.82) is 0 Å². The van der Waals surface area contributed by atoms with Crippen LogP contribution >= 0.6 is 0 Å². The predicted molar refractivity (Wildman–Crippen MR) is 309 cm³/mol. The van der Waals surface area contributed by atoms with E-state index in [4.69, 9.17) is 18.9 Å². The van der Waals surface area contributed by atoms with Gasteiger partial charge in [-0.3, -0.25) is 4.79 Å². The Morgan fingerprint density at radius 3 is 1.39 bits per heavy atom. The zero-order valence-electron chi connectivity index (χ0n) is 48.2. The number of amides is 1. The minimum atomic E-state index is -1.79. The third kappa shape index (κ3) is 33.9. The standard InChI is InChI=1S/C63H113NO13/c1-3-5-7-9-11-13-15-17-19-21-23-24-25-26-27-29-30-32-34-36-38-40-42-44-46-52(67)51(64-55(68)47-45-43-41-39-37-35-33-31-28-22-20-18-16-14-12-10-8-6-4-2)50-74-62-60(73)58(71)61(54(49-66)76-62)77-63-59(72)57(70)56(69)53(48-65)75-63/h12,14,18,20,28,31,36,38,44,46,51-54,56-63,65-67,69-73H,3-11,13,15-17,19,21-27,29-30,32-35,37,39-43,45,47-50H2,1-2H3,(H,64,68)/b14-12-,20-18-,31-28-,38-36+,46-44+. The van der Waals surface area contributed by atoms with Crippen LogP contribution in [0.1, 0.15) is 239 Å². The van der Waals surface area contributed by atoms with Crippen molar-refractivity contribution in [2.75, 3.05) is 19.8 Å². The summed E-state index contributed by atoms with van der Waals surface area (Å²) in [4.78, 5) is 13.3. The van der Waals surface area contributed by atoms with Crippen LogP contribution in [-0.4, -0.2) is 140 Å². The lowest BCUT2D eigenvalue weighted by Crippen LogP contribution is -2.65. The normalized spacial score (nSPS) is 25.1. The van der Waals surface area contributed by atoms with Gasteiger partial charge in [0.1, 0.15) is 48.8 Å². The van der Waals surface area contributed by atoms with Crippen LogP contribution in [0.15, 0.2) is 60.8 Å². The van der Waals surface area contributed by atoms with Crippen molar-refractivity contribution in [2.45, 2.75) is 312 Å². The van der Waals surface area contributed by atoms with Crippen LogP contribution in [-0.2, 0) is 23.7 Å². The maximum atomic E-state index is 13.3. The first-order valence-corrected chi connectivity index (χ1v) is 31.0. The third-order valence-electron chi connectivity index (χ3n) is 14.9. The van der Waals surface area contributed by atoms with Gasteiger partial charge in [0.25, 0.3) is 0 Å². The lowest BCUT2D eigenvalue weighted by atomic mass is 9.97. The van der Waals surface area contributed by atoms with Gasteiger partial charge in [-0.2, -0.15) is 0 Å². The second-order valence-electron chi connectivity index (χ2n) is 21.8. The highest BCUT2D eigenvalue weighted by Gasteiger charge is 2.51. The van der Waals surface area contributed by atoms with E-state index in [-0.39, 0.29) is 18.9 Å². The molecule has 2 rings (SSSR count). The van der Waals surface area contributed by atoms with Crippen molar-refractivity contribution >= 4 is 5.91 Å². The summed E-state index contributed by atoms with van der Waals surface area (Å²) in [7, 11) is 0. The number of hydrogen-bond donors (Lipinski definition) is 9. The molecule has 14 nitrogen and oxygen atoms in total. The average molecular weight is 1090 g/mol.